The van der Waals surface area contributed by atoms with Gasteiger partial charge in [-0.3, -0.25) is 4.79 Å². The Kier molecular flexibility index (Phi) is 1.57. The van der Waals surface area contributed by atoms with Crippen LogP contribution < -0.4 is 0 Å². The first kappa shape index (κ1) is 8.96. The molecule has 1 unspecified atom stereocenters. The van der Waals surface area contributed by atoms with Crippen molar-refractivity contribution < 1.29 is 9.90 Å². The molecule has 78 valence electrons. The van der Waals surface area contributed by atoms with Gasteiger partial charge in [0.2, 0.25) is 0 Å². The van der Waals surface area contributed by atoms with Gasteiger partial charge in [-0.1, -0.05) is 23.8 Å². The number of hydrogen-bond acceptors (Lipinski definition) is 1. The fraction of sp³-hybridized carbons (Fsp3) is 0.462. The summed E-state index contributed by atoms with van der Waals surface area (Å²) in [5.74, 6) is -0.924. The molecule has 2 nitrogen and oxygen atoms in total. The van der Waals surface area contributed by atoms with Gasteiger partial charge in [-0.05, 0) is 42.7 Å². The van der Waals surface area contributed by atoms with Gasteiger partial charge in [-0.25, -0.2) is 0 Å². The Bertz CT molecular complexity index is 444. The third-order valence-electron chi connectivity index (χ3n) is 3.90. The lowest BCUT2D eigenvalue weighted by Gasteiger charge is -2.07. The van der Waals surface area contributed by atoms with Crippen molar-refractivity contribution in [2.24, 2.45) is 0 Å². The van der Waals surface area contributed by atoms with Crippen LogP contribution in [0, 0.1) is 6.92 Å². The topological polar surface area (TPSA) is 37.3 Å². The molecule has 1 aromatic rings. The number of carboxylic acids is 1. The molecule has 1 saturated carbocycles. The van der Waals surface area contributed by atoms with E-state index in [-0.39, 0.29) is 11.3 Å². The molecule has 2 heteroatoms. The van der Waals surface area contributed by atoms with Crippen LogP contribution in [0.15, 0.2) is 18.2 Å². The van der Waals surface area contributed by atoms with E-state index in [9.17, 15) is 9.90 Å². The van der Waals surface area contributed by atoms with Crippen molar-refractivity contribution >= 4 is 5.97 Å². The van der Waals surface area contributed by atoms with E-state index in [1.54, 1.807) is 0 Å². The number of aliphatic carboxylic acids is 1. The van der Waals surface area contributed by atoms with Crippen molar-refractivity contribution in [2.75, 3.05) is 0 Å². The predicted molar refractivity (Wildman–Crippen MR) is 57.1 cm³/mol. The average molecular weight is 202 g/mol. The van der Waals surface area contributed by atoms with Crippen LogP contribution in [0.4, 0.5) is 0 Å². The second kappa shape index (κ2) is 2.63. The lowest BCUT2D eigenvalue weighted by atomic mass is 9.97. The molecule has 0 aromatic heterocycles. The molecule has 0 bridgehead atoms. The van der Waals surface area contributed by atoms with Crippen LogP contribution in [-0.4, -0.2) is 11.1 Å². The highest BCUT2D eigenvalue weighted by atomic mass is 16.4. The predicted octanol–water partition coefficient (Wildman–Crippen LogP) is 2.60. The fourth-order valence-corrected chi connectivity index (χ4v) is 2.89. The molecule has 1 N–H and O–H groups in total. The molecule has 0 amide bonds. The SMILES string of the molecule is Cc1ccc2c(c1)C1(CC1)CC2C(=O)O. The highest BCUT2D eigenvalue weighted by molar-refractivity contribution is 5.79. The smallest absolute Gasteiger partial charge is 0.311 e. The molecular formula is C13H14O2. The van der Waals surface area contributed by atoms with Gasteiger partial charge in [0.05, 0.1) is 5.92 Å². The van der Waals surface area contributed by atoms with E-state index in [0.717, 1.165) is 12.0 Å². The Labute approximate surface area is 88.9 Å². The number of benzene rings is 1. The van der Waals surface area contributed by atoms with Crippen molar-refractivity contribution in [2.45, 2.75) is 37.5 Å². The normalized spacial score (nSPS) is 25.3. The Hall–Kier alpha value is -1.31. The van der Waals surface area contributed by atoms with Gasteiger partial charge < -0.3 is 5.11 Å². The first-order chi connectivity index (χ1) is 7.12. The fourth-order valence-electron chi connectivity index (χ4n) is 2.89. The molecule has 3 rings (SSSR count). The van der Waals surface area contributed by atoms with Crippen LogP contribution in [0.5, 0.6) is 0 Å². The molecule has 0 aliphatic heterocycles. The van der Waals surface area contributed by atoms with Crippen LogP contribution in [0.2, 0.25) is 0 Å². The summed E-state index contributed by atoms with van der Waals surface area (Å²) in [5, 5.41) is 9.19. The molecule has 2 aliphatic carbocycles. The van der Waals surface area contributed by atoms with Crippen LogP contribution in [0.25, 0.3) is 0 Å². The van der Waals surface area contributed by atoms with Crippen LogP contribution in [-0.2, 0) is 10.2 Å². The number of aryl methyl sites for hydroxylation is 1. The molecule has 0 heterocycles. The molecule has 1 atom stereocenters. The van der Waals surface area contributed by atoms with E-state index in [0.29, 0.717) is 0 Å². The largest absolute Gasteiger partial charge is 0.481 e. The van der Waals surface area contributed by atoms with Crippen molar-refractivity contribution in [3.8, 4) is 0 Å². The van der Waals surface area contributed by atoms with Gasteiger partial charge in [-0.15, -0.1) is 0 Å². The molecular weight excluding hydrogens is 188 g/mol. The van der Waals surface area contributed by atoms with Gasteiger partial charge >= 0.3 is 5.97 Å². The summed E-state index contributed by atoms with van der Waals surface area (Å²) in [5.41, 5.74) is 3.86. The molecule has 0 saturated heterocycles. The van der Waals surface area contributed by atoms with E-state index in [4.69, 9.17) is 0 Å². The van der Waals surface area contributed by atoms with Crippen molar-refractivity contribution in [1.29, 1.82) is 0 Å². The number of carbonyl (C=O) groups is 1. The van der Waals surface area contributed by atoms with Gasteiger partial charge in [0.1, 0.15) is 0 Å². The highest BCUT2D eigenvalue weighted by Crippen LogP contribution is 2.60. The molecule has 15 heavy (non-hydrogen) atoms. The quantitative estimate of drug-likeness (QED) is 0.760. The highest BCUT2D eigenvalue weighted by Gasteiger charge is 2.53. The average Bonchev–Trinajstić information content (AvgIpc) is 2.87. The van der Waals surface area contributed by atoms with E-state index >= 15 is 0 Å². The minimum Gasteiger partial charge on any atom is -0.481 e. The maximum Gasteiger partial charge on any atom is 0.311 e. The second-order valence-electron chi connectivity index (χ2n) is 4.97. The van der Waals surface area contributed by atoms with E-state index in [2.05, 4.69) is 13.0 Å². The number of carboxylic acid groups (broad SMARTS) is 1. The maximum atomic E-state index is 11.2. The number of fused-ring (bicyclic) bond motifs is 2. The van der Waals surface area contributed by atoms with Crippen molar-refractivity contribution in [1.82, 2.24) is 0 Å². The Morgan fingerprint density at radius 1 is 1.47 bits per heavy atom. The van der Waals surface area contributed by atoms with E-state index in [1.807, 2.05) is 12.1 Å². The van der Waals surface area contributed by atoms with Gasteiger partial charge in [0, 0.05) is 0 Å². The Balaban J connectivity index is 2.15. The monoisotopic (exact) mass is 202 g/mol. The van der Waals surface area contributed by atoms with Gasteiger partial charge in [-0.2, -0.15) is 0 Å². The zero-order valence-electron chi connectivity index (χ0n) is 8.79. The van der Waals surface area contributed by atoms with E-state index < -0.39 is 5.97 Å². The minimum absolute atomic E-state index is 0.240. The Morgan fingerprint density at radius 2 is 2.20 bits per heavy atom. The summed E-state index contributed by atoms with van der Waals surface area (Å²) >= 11 is 0. The first-order valence-electron chi connectivity index (χ1n) is 5.46. The molecule has 1 spiro atoms. The summed E-state index contributed by atoms with van der Waals surface area (Å²) < 4.78 is 0. The lowest BCUT2D eigenvalue weighted by Crippen LogP contribution is -2.09. The summed E-state index contributed by atoms with van der Waals surface area (Å²) in [7, 11) is 0. The summed E-state index contributed by atoms with van der Waals surface area (Å²) in [6, 6.07) is 6.22. The number of hydrogen-bond donors (Lipinski definition) is 1. The molecule has 0 radical (unpaired) electrons. The Morgan fingerprint density at radius 3 is 2.80 bits per heavy atom. The van der Waals surface area contributed by atoms with E-state index in [1.165, 1.54) is 24.0 Å². The van der Waals surface area contributed by atoms with Gasteiger partial charge in [0.15, 0.2) is 0 Å². The summed E-state index contributed by atoms with van der Waals surface area (Å²) in [6.07, 6.45) is 3.17. The minimum atomic E-state index is -0.663. The van der Waals surface area contributed by atoms with Crippen LogP contribution >= 0.6 is 0 Å². The third-order valence-corrected chi connectivity index (χ3v) is 3.90. The lowest BCUT2D eigenvalue weighted by molar-refractivity contribution is -0.138. The maximum absolute atomic E-state index is 11.2. The summed E-state index contributed by atoms with van der Waals surface area (Å²) in [6.45, 7) is 2.07. The van der Waals surface area contributed by atoms with Crippen LogP contribution in [0.1, 0.15) is 41.9 Å². The first-order valence-corrected chi connectivity index (χ1v) is 5.46. The molecule has 1 aromatic carbocycles. The second-order valence-corrected chi connectivity index (χ2v) is 4.97. The van der Waals surface area contributed by atoms with Crippen molar-refractivity contribution in [3.63, 3.8) is 0 Å². The third kappa shape index (κ3) is 1.14. The van der Waals surface area contributed by atoms with Crippen molar-refractivity contribution in [3.05, 3.63) is 34.9 Å². The number of rotatable bonds is 1. The molecule has 1 fully saturated rings. The standard InChI is InChI=1S/C13H14O2/c1-8-2-3-9-10(12(14)15)7-13(4-5-13)11(9)6-8/h2-3,6,10H,4-5,7H2,1H3,(H,14,15). The zero-order valence-corrected chi connectivity index (χ0v) is 8.79. The molecule has 2 aliphatic rings. The van der Waals surface area contributed by atoms with Gasteiger partial charge in [0.25, 0.3) is 0 Å². The van der Waals surface area contributed by atoms with Crippen LogP contribution in [0.3, 0.4) is 0 Å². The summed E-state index contributed by atoms with van der Waals surface area (Å²) in [4.78, 5) is 11.2. The zero-order chi connectivity index (χ0) is 10.6.